The van der Waals surface area contributed by atoms with Crippen molar-refractivity contribution in [3.8, 4) is 5.75 Å². The highest BCUT2D eigenvalue weighted by molar-refractivity contribution is 7.92. The van der Waals surface area contributed by atoms with Crippen LogP contribution < -0.4 is 14.4 Å². The van der Waals surface area contributed by atoms with E-state index in [0.29, 0.717) is 5.92 Å². The third-order valence-electron chi connectivity index (χ3n) is 4.11. The molecular weight excluding hydrogens is 435 g/mol. The number of hydrogen-bond acceptors (Lipinski definition) is 4. The van der Waals surface area contributed by atoms with E-state index in [4.69, 9.17) is 27.9 Å². The highest BCUT2D eigenvalue weighted by Gasteiger charge is 2.23. The van der Waals surface area contributed by atoms with E-state index < -0.39 is 22.5 Å². The van der Waals surface area contributed by atoms with E-state index in [1.165, 1.54) is 6.07 Å². The minimum atomic E-state index is -3.74. The number of hydrogen-bond donors (Lipinski definition) is 1. The molecular formula is C20H24Cl2N2O4S. The number of halogens is 2. The van der Waals surface area contributed by atoms with E-state index in [9.17, 15) is 13.2 Å². The second-order valence-corrected chi connectivity index (χ2v) is 9.43. The zero-order valence-electron chi connectivity index (χ0n) is 16.5. The average Bonchev–Trinajstić information content (AvgIpc) is 2.65. The fourth-order valence-corrected chi connectivity index (χ4v) is 4.00. The van der Waals surface area contributed by atoms with Crippen molar-refractivity contribution in [3.63, 3.8) is 0 Å². The Bertz CT molecular complexity index is 965. The fourth-order valence-electron chi connectivity index (χ4n) is 2.69. The summed E-state index contributed by atoms with van der Waals surface area (Å²) in [4.78, 5) is 12.3. The number of sulfonamides is 1. The van der Waals surface area contributed by atoms with Crippen LogP contribution in [0.2, 0.25) is 10.0 Å². The topological polar surface area (TPSA) is 75.7 Å². The van der Waals surface area contributed by atoms with Gasteiger partial charge in [0.15, 0.2) is 0 Å². The second kappa shape index (κ2) is 10.2. The Morgan fingerprint density at radius 1 is 1.14 bits per heavy atom. The molecule has 0 bridgehead atoms. The standard InChI is InChI=1S/C20H24Cl2N2O4S/c1-14(2)15-7-4-5-10-18(15)28-12-11-23-19(25)13-24(29(3,26)27)17-9-6-8-16(21)20(17)22/h4-10,14H,11-13H2,1-3H3,(H,23,25). The molecule has 9 heteroatoms. The maximum atomic E-state index is 12.3. The van der Waals surface area contributed by atoms with Gasteiger partial charge in [0.05, 0.1) is 28.5 Å². The largest absolute Gasteiger partial charge is 0.491 e. The zero-order chi connectivity index (χ0) is 21.6. The van der Waals surface area contributed by atoms with E-state index in [0.717, 1.165) is 21.9 Å². The van der Waals surface area contributed by atoms with Crippen LogP contribution in [0.4, 0.5) is 5.69 Å². The number of anilines is 1. The van der Waals surface area contributed by atoms with Gasteiger partial charge in [-0.05, 0) is 29.7 Å². The first-order valence-corrected chi connectivity index (χ1v) is 11.6. The molecule has 1 amide bonds. The molecule has 158 valence electrons. The van der Waals surface area contributed by atoms with Gasteiger partial charge in [0.1, 0.15) is 18.9 Å². The van der Waals surface area contributed by atoms with Crippen molar-refractivity contribution in [1.82, 2.24) is 5.32 Å². The first-order valence-electron chi connectivity index (χ1n) is 9.01. The van der Waals surface area contributed by atoms with Gasteiger partial charge in [0.2, 0.25) is 15.9 Å². The van der Waals surface area contributed by atoms with Crippen molar-refractivity contribution in [2.24, 2.45) is 0 Å². The maximum Gasteiger partial charge on any atom is 0.240 e. The second-order valence-electron chi connectivity index (χ2n) is 6.73. The molecule has 2 aromatic carbocycles. The van der Waals surface area contributed by atoms with Gasteiger partial charge in [-0.3, -0.25) is 9.10 Å². The molecule has 0 saturated heterocycles. The van der Waals surface area contributed by atoms with E-state index in [1.807, 2.05) is 24.3 Å². The molecule has 0 unspecified atom stereocenters. The molecule has 0 aliphatic rings. The molecule has 2 rings (SSSR count). The van der Waals surface area contributed by atoms with Gasteiger partial charge >= 0.3 is 0 Å². The van der Waals surface area contributed by atoms with Crippen LogP contribution >= 0.6 is 23.2 Å². The predicted octanol–water partition coefficient (Wildman–Crippen LogP) is 4.08. The molecule has 0 aliphatic heterocycles. The molecule has 2 aromatic rings. The lowest BCUT2D eigenvalue weighted by Gasteiger charge is -2.23. The summed E-state index contributed by atoms with van der Waals surface area (Å²) in [7, 11) is -3.74. The Morgan fingerprint density at radius 2 is 1.83 bits per heavy atom. The molecule has 29 heavy (non-hydrogen) atoms. The lowest BCUT2D eigenvalue weighted by molar-refractivity contribution is -0.119. The Balaban J connectivity index is 1.97. The first kappa shape index (κ1) is 23.3. The first-order chi connectivity index (χ1) is 13.6. The highest BCUT2D eigenvalue weighted by Crippen LogP contribution is 2.33. The normalized spacial score (nSPS) is 11.4. The summed E-state index contributed by atoms with van der Waals surface area (Å²) in [6.07, 6.45) is 1.00. The van der Waals surface area contributed by atoms with Crippen LogP contribution in [0.15, 0.2) is 42.5 Å². The Labute approximate surface area is 181 Å². The summed E-state index contributed by atoms with van der Waals surface area (Å²) < 4.78 is 31.0. The molecule has 0 aliphatic carbocycles. The number of amides is 1. The Morgan fingerprint density at radius 3 is 2.48 bits per heavy atom. The molecule has 0 spiro atoms. The number of benzene rings is 2. The fraction of sp³-hybridized carbons (Fsp3) is 0.350. The molecule has 6 nitrogen and oxygen atoms in total. The van der Waals surface area contributed by atoms with E-state index in [-0.39, 0.29) is 28.9 Å². The summed E-state index contributed by atoms with van der Waals surface area (Å²) in [5, 5.41) is 2.94. The summed E-state index contributed by atoms with van der Waals surface area (Å²) in [5.41, 5.74) is 1.23. The van der Waals surface area contributed by atoms with Crippen LogP contribution in [0.25, 0.3) is 0 Å². The van der Waals surface area contributed by atoms with E-state index in [1.54, 1.807) is 12.1 Å². The number of para-hydroxylation sites is 1. The molecule has 1 N–H and O–H groups in total. The molecule has 0 aromatic heterocycles. The van der Waals surface area contributed by atoms with Gasteiger partial charge in [-0.25, -0.2) is 8.42 Å². The van der Waals surface area contributed by atoms with Crippen LogP contribution in [0.5, 0.6) is 5.75 Å². The van der Waals surface area contributed by atoms with Gasteiger partial charge in [-0.15, -0.1) is 0 Å². The van der Waals surface area contributed by atoms with E-state index in [2.05, 4.69) is 19.2 Å². The maximum absolute atomic E-state index is 12.3. The molecule has 0 saturated carbocycles. The van der Waals surface area contributed by atoms with Crippen molar-refractivity contribution in [3.05, 3.63) is 58.1 Å². The van der Waals surface area contributed by atoms with Gasteiger partial charge in [0, 0.05) is 0 Å². The summed E-state index contributed by atoms with van der Waals surface area (Å²) >= 11 is 12.1. The SMILES string of the molecule is CC(C)c1ccccc1OCCNC(=O)CN(c1cccc(Cl)c1Cl)S(C)(=O)=O. The van der Waals surface area contributed by atoms with Crippen molar-refractivity contribution in [2.45, 2.75) is 19.8 Å². The van der Waals surface area contributed by atoms with Gasteiger partial charge in [-0.1, -0.05) is 61.3 Å². The number of nitrogens with zero attached hydrogens (tertiary/aromatic N) is 1. The monoisotopic (exact) mass is 458 g/mol. The Kier molecular flexibility index (Phi) is 8.19. The number of carbonyl (C=O) groups excluding carboxylic acids is 1. The van der Waals surface area contributed by atoms with Gasteiger partial charge in [0.25, 0.3) is 0 Å². The van der Waals surface area contributed by atoms with Crippen molar-refractivity contribution < 1.29 is 17.9 Å². The number of nitrogens with one attached hydrogen (secondary N) is 1. The van der Waals surface area contributed by atoms with E-state index >= 15 is 0 Å². The minimum absolute atomic E-state index is 0.0704. The van der Waals surface area contributed by atoms with Crippen LogP contribution in [0.3, 0.4) is 0 Å². The van der Waals surface area contributed by atoms with Gasteiger partial charge in [-0.2, -0.15) is 0 Å². The number of carbonyl (C=O) groups is 1. The number of ether oxygens (including phenoxy) is 1. The number of rotatable bonds is 9. The summed E-state index contributed by atoms with van der Waals surface area (Å²) in [5.74, 6) is 0.596. The lowest BCUT2D eigenvalue weighted by atomic mass is 10.0. The van der Waals surface area contributed by atoms with Crippen LogP contribution in [-0.2, 0) is 14.8 Å². The average molecular weight is 459 g/mol. The molecule has 0 fully saturated rings. The van der Waals surface area contributed by atoms with Crippen LogP contribution in [0, 0.1) is 0 Å². The van der Waals surface area contributed by atoms with Crippen molar-refractivity contribution >= 4 is 44.8 Å². The molecule has 0 atom stereocenters. The Hall–Kier alpha value is -1.96. The van der Waals surface area contributed by atoms with Crippen molar-refractivity contribution in [2.75, 3.05) is 30.3 Å². The third kappa shape index (κ3) is 6.52. The predicted molar refractivity (Wildman–Crippen MR) is 118 cm³/mol. The van der Waals surface area contributed by atoms with Crippen LogP contribution in [-0.4, -0.2) is 40.3 Å². The smallest absolute Gasteiger partial charge is 0.240 e. The zero-order valence-corrected chi connectivity index (χ0v) is 18.8. The summed E-state index contributed by atoms with van der Waals surface area (Å²) in [6.45, 7) is 4.22. The summed E-state index contributed by atoms with van der Waals surface area (Å²) in [6, 6.07) is 12.3. The molecule has 0 radical (unpaired) electrons. The highest BCUT2D eigenvalue weighted by atomic mass is 35.5. The quantitative estimate of drug-likeness (QED) is 0.574. The molecule has 0 heterocycles. The van der Waals surface area contributed by atoms with Crippen LogP contribution in [0.1, 0.15) is 25.3 Å². The lowest BCUT2D eigenvalue weighted by Crippen LogP contribution is -2.41. The minimum Gasteiger partial charge on any atom is -0.491 e. The van der Waals surface area contributed by atoms with Crippen molar-refractivity contribution in [1.29, 1.82) is 0 Å². The van der Waals surface area contributed by atoms with Gasteiger partial charge < -0.3 is 10.1 Å². The third-order valence-corrected chi connectivity index (χ3v) is 6.05.